The number of aryl methyl sites for hydroxylation is 1. The molecule has 0 saturated carbocycles. The van der Waals surface area contributed by atoms with Crippen LogP contribution in [0.1, 0.15) is 29.8 Å². The number of oxazole rings is 1. The molecule has 0 fully saturated rings. The molecule has 2 aromatic carbocycles. The molecular formula is C22H26ClN3O2. The zero-order valence-corrected chi connectivity index (χ0v) is 17.2. The van der Waals surface area contributed by atoms with Crippen molar-refractivity contribution in [1.82, 2.24) is 15.6 Å². The fraction of sp³-hybridized carbons (Fsp3) is 0.273. The predicted molar refractivity (Wildman–Crippen MR) is 115 cm³/mol. The lowest BCUT2D eigenvalue weighted by molar-refractivity contribution is 0.0950. The predicted octanol–water partition coefficient (Wildman–Crippen LogP) is 4.47. The molecule has 3 rings (SSSR count). The summed E-state index contributed by atoms with van der Waals surface area (Å²) in [6.07, 6.45) is 1.70. The maximum Gasteiger partial charge on any atom is 0.252 e. The third-order valence-corrected chi connectivity index (χ3v) is 4.37. The van der Waals surface area contributed by atoms with E-state index in [0.717, 1.165) is 12.1 Å². The topological polar surface area (TPSA) is 67.2 Å². The van der Waals surface area contributed by atoms with Gasteiger partial charge in [0.1, 0.15) is 0 Å². The molecule has 1 aromatic heterocycles. The highest BCUT2D eigenvalue weighted by Gasteiger charge is 2.17. The molecule has 1 amide bonds. The summed E-state index contributed by atoms with van der Waals surface area (Å²) in [5.41, 5.74) is 3.39. The minimum absolute atomic E-state index is 0. The highest BCUT2D eigenvalue weighted by molar-refractivity contribution is 6.00. The molecule has 3 aromatic rings. The molecule has 0 aliphatic heterocycles. The third-order valence-electron chi connectivity index (χ3n) is 4.37. The standard InChI is InChI=1S/C22H25N3O2.ClH/c1-4-23-16(3)13-24-21(26)18-7-5-6-8-19(18)22-25-14-20(27-22)17-11-9-15(2)10-12-17;/h5-12,14,16,23H,4,13H2,1-3H3,(H,24,26);1H/t16-;/m1./s1. The molecule has 0 radical (unpaired) electrons. The molecule has 5 nitrogen and oxygen atoms in total. The van der Waals surface area contributed by atoms with Crippen molar-refractivity contribution in [2.45, 2.75) is 26.8 Å². The minimum Gasteiger partial charge on any atom is -0.436 e. The lowest BCUT2D eigenvalue weighted by Gasteiger charge is -2.14. The first-order chi connectivity index (χ1) is 13.1. The molecule has 0 aliphatic rings. The van der Waals surface area contributed by atoms with Gasteiger partial charge in [-0.25, -0.2) is 4.98 Å². The first kappa shape index (κ1) is 21.7. The number of carbonyl (C=O) groups excluding carboxylic acids is 1. The maximum atomic E-state index is 12.7. The van der Waals surface area contributed by atoms with Crippen LogP contribution < -0.4 is 10.6 Å². The number of halogens is 1. The van der Waals surface area contributed by atoms with Crippen molar-refractivity contribution in [1.29, 1.82) is 0 Å². The van der Waals surface area contributed by atoms with Gasteiger partial charge in [0.15, 0.2) is 5.76 Å². The van der Waals surface area contributed by atoms with Gasteiger partial charge in [0, 0.05) is 23.7 Å². The Morgan fingerprint density at radius 3 is 2.57 bits per heavy atom. The van der Waals surface area contributed by atoms with Crippen LogP contribution in [0.3, 0.4) is 0 Å². The number of benzene rings is 2. The van der Waals surface area contributed by atoms with Crippen molar-refractivity contribution in [3.8, 4) is 22.8 Å². The second-order valence-electron chi connectivity index (χ2n) is 6.61. The van der Waals surface area contributed by atoms with Crippen LogP contribution in [-0.2, 0) is 0 Å². The van der Waals surface area contributed by atoms with Gasteiger partial charge in [0.25, 0.3) is 5.91 Å². The fourth-order valence-corrected chi connectivity index (χ4v) is 2.88. The van der Waals surface area contributed by atoms with Crippen molar-refractivity contribution < 1.29 is 9.21 Å². The van der Waals surface area contributed by atoms with Crippen LogP contribution >= 0.6 is 12.4 Å². The monoisotopic (exact) mass is 399 g/mol. The summed E-state index contributed by atoms with van der Waals surface area (Å²) in [7, 11) is 0. The summed E-state index contributed by atoms with van der Waals surface area (Å²) in [4.78, 5) is 17.0. The largest absolute Gasteiger partial charge is 0.436 e. The number of nitrogens with zero attached hydrogens (tertiary/aromatic N) is 1. The number of likely N-dealkylation sites (N-methyl/N-ethyl adjacent to an activating group) is 1. The van der Waals surface area contributed by atoms with Crippen molar-refractivity contribution in [3.05, 3.63) is 65.9 Å². The van der Waals surface area contributed by atoms with E-state index in [9.17, 15) is 4.79 Å². The van der Waals surface area contributed by atoms with Gasteiger partial charge in [-0.05, 0) is 32.5 Å². The fourth-order valence-electron chi connectivity index (χ4n) is 2.88. The molecule has 1 heterocycles. The summed E-state index contributed by atoms with van der Waals surface area (Å²) >= 11 is 0. The summed E-state index contributed by atoms with van der Waals surface area (Å²) in [5.74, 6) is 0.988. The second-order valence-corrected chi connectivity index (χ2v) is 6.61. The Morgan fingerprint density at radius 2 is 1.86 bits per heavy atom. The number of carbonyl (C=O) groups is 1. The number of hydrogen-bond donors (Lipinski definition) is 2. The summed E-state index contributed by atoms with van der Waals surface area (Å²) in [6.45, 7) is 7.55. The first-order valence-corrected chi connectivity index (χ1v) is 9.22. The number of rotatable bonds is 7. The summed E-state index contributed by atoms with van der Waals surface area (Å²) in [5, 5.41) is 6.25. The Balaban J connectivity index is 0.00000280. The van der Waals surface area contributed by atoms with E-state index in [1.807, 2.05) is 63.2 Å². The van der Waals surface area contributed by atoms with Gasteiger partial charge >= 0.3 is 0 Å². The van der Waals surface area contributed by atoms with E-state index in [4.69, 9.17) is 4.42 Å². The third kappa shape index (κ3) is 5.21. The van der Waals surface area contributed by atoms with E-state index in [0.29, 0.717) is 29.3 Å². The van der Waals surface area contributed by atoms with E-state index >= 15 is 0 Å². The Hall–Kier alpha value is -2.63. The highest BCUT2D eigenvalue weighted by Crippen LogP contribution is 2.28. The van der Waals surface area contributed by atoms with E-state index in [1.165, 1.54) is 5.56 Å². The molecule has 6 heteroatoms. The lowest BCUT2D eigenvalue weighted by Crippen LogP contribution is -2.38. The van der Waals surface area contributed by atoms with Crippen molar-refractivity contribution in [3.63, 3.8) is 0 Å². The van der Waals surface area contributed by atoms with Gasteiger partial charge in [-0.15, -0.1) is 12.4 Å². The van der Waals surface area contributed by atoms with Crippen LogP contribution in [0.5, 0.6) is 0 Å². The normalized spacial score (nSPS) is 11.5. The number of nitrogens with one attached hydrogen (secondary N) is 2. The zero-order chi connectivity index (χ0) is 19.2. The van der Waals surface area contributed by atoms with Crippen molar-refractivity contribution in [2.24, 2.45) is 0 Å². The molecule has 0 bridgehead atoms. The molecule has 2 N–H and O–H groups in total. The van der Waals surface area contributed by atoms with Crippen LogP contribution in [0, 0.1) is 6.92 Å². The Morgan fingerprint density at radius 1 is 1.14 bits per heavy atom. The van der Waals surface area contributed by atoms with Crippen LogP contribution in [0.4, 0.5) is 0 Å². The highest BCUT2D eigenvalue weighted by atomic mass is 35.5. The average Bonchev–Trinajstić information content (AvgIpc) is 3.17. The molecule has 28 heavy (non-hydrogen) atoms. The number of amides is 1. The van der Waals surface area contributed by atoms with Gasteiger partial charge in [-0.1, -0.05) is 48.9 Å². The van der Waals surface area contributed by atoms with Crippen LogP contribution in [0.15, 0.2) is 59.1 Å². The SMILES string of the molecule is CCN[C@H](C)CNC(=O)c1ccccc1-c1ncc(-c2ccc(C)cc2)o1.Cl. The minimum atomic E-state index is -0.134. The van der Waals surface area contributed by atoms with Gasteiger partial charge in [0.2, 0.25) is 5.89 Å². The molecule has 148 valence electrons. The second kappa shape index (κ2) is 10.1. The van der Waals surface area contributed by atoms with E-state index < -0.39 is 0 Å². The van der Waals surface area contributed by atoms with Gasteiger partial charge in [-0.3, -0.25) is 4.79 Å². The Kier molecular flexibility index (Phi) is 7.79. The maximum absolute atomic E-state index is 12.7. The van der Waals surface area contributed by atoms with E-state index in [2.05, 4.69) is 15.6 Å². The summed E-state index contributed by atoms with van der Waals surface area (Å²) in [6, 6.07) is 15.6. The summed E-state index contributed by atoms with van der Waals surface area (Å²) < 4.78 is 5.95. The van der Waals surface area contributed by atoms with Crippen molar-refractivity contribution in [2.75, 3.05) is 13.1 Å². The molecule has 1 atom stereocenters. The number of aromatic nitrogens is 1. The van der Waals surface area contributed by atoms with Gasteiger partial charge < -0.3 is 15.1 Å². The van der Waals surface area contributed by atoms with Gasteiger partial charge in [0.05, 0.1) is 11.8 Å². The molecular weight excluding hydrogens is 374 g/mol. The average molecular weight is 400 g/mol. The first-order valence-electron chi connectivity index (χ1n) is 9.22. The van der Waals surface area contributed by atoms with Crippen molar-refractivity contribution >= 4 is 18.3 Å². The molecule has 0 spiro atoms. The molecule has 0 aliphatic carbocycles. The Bertz CT molecular complexity index is 906. The zero-order valence-electron chi connectivity index (χ0n) is 16.4. The molecule has 0 saturated heterocycles. The van der Waals surface area contributed by atoms with Crippen LogP contribution in [-0.4, -0.2) is 30.0 Å². The van der Waals surface area contributed by atoms with Crippen LogP contribution in [0.2, 0.25) is 0 Å². The van der Waals surface area contributed by atoms with Gasteiger partial charge in [-0.2, -0.15) is 0 Å². The number of hydrogen-bond acceptors (Lipinski definition) is 4. The quantitative estimate of drug-likeness (QED) is 0.615. The Labute approximate surface area is 172 Å². The lowest BCUT2D eigenvalue weighted by atomic mass is 10.1. The van der Waals surface area contributed by atoms with E-state index in [-0.39, 0.29) is 24.4 Å². The molecule has 0 unspecified atom stereocenters. The van der Waals surface area contributed by atoms with E-state index in [1.54, 1.807) is 12.3 Å². The smallest absolute Gasteiger partial charge is 0.252 e. The van der Waals surface area contributed by atoms with Crippen LogP contribution in [0.25, 0.3) is 22.8 Å².